The van der Waals surface area contributed by atoms with Crippen LogP contribution in [0.1, 0.15) is 32.4 Å². The van der Waals surface area contributed by atoms with Gasteiger partial charge in [-0.05, 0) is 24.6 Å². The van der Waals surface area contributed by atoms with E-state index < -0.39 is 6.36 Å². The normalized spacial score (nSPS) is 13.8. The summed E-state index contributed by atoms with van der Waals surface area (Å²) in [4.78, 5) is 0. The summed E-state index contributed by atoms with van der Waals surface area (Å²) >= 11 is 0. The van der Waals surface area contributed by atoms with Crippen molar-refractivity contribution < 1.29 is 17.9 Å². The monoisotopic (exact) mass is 247 g/mol. The number of benzene rings is 1. The van der Waals surface area contributed by atoms with Crippen LogP contribution in [0.2, 0.25) is 0 Å². The molecule has 1 unspecified atom stereocenters. The Hall–Kier alpha value is -1.23. The topological polar surface area (TPSA) is 21.3 Å². The van der Waals surface area contributed by atoms with Gasteiger partial charge in [-0.3, -0.25) is 0 Å². The second kappa shape index (κ2) is 5.40. The van der Waals surface area contributed by atoms with Crippen molar-refractivity contribution in [3.63, 3.8) is 0 Å². The predicted molar refractivity (Wildman–Crippen MR) is 59.8 cm³/mol. The first kappa shape index (κ1) is 13.8. The molecule has 5 heteroatoms. The Bertz CT molecular complexity index is 363. The van der Waals surface area contributed by atoms with Crippen molar-refractivity contribution in [3.05, 3.63) is 29.8 Å². The summed E-state index contributed by atoms with van der Waals surface area (Å²) in [6, 6.07) is 6.24. The molecule has 1 aromatic rings. The molecule has 0 bridgehead atoms. The van der Waals surface area contributed by atoms with Crippen LogP contribution in [-0.2, 0) is 0 Å². The van der Waals surface area contributed by atoms with E-state index in [0.29, 0.717) is 0 Å². The van der Waals surface area contributed by atoms with Gasteiger partial charge in [0.2, 0.25) is 0 Å². The summed E-state index contributed by atoms with van der Waals surface area (Å²) < 4.78 is 40.0. The lowest BCUT2D eigenvalue weighted by Gasteiger charge is -2.18. The lowest BCUT2D eigenvalue weighted by molar-refractivity contribution is -0.274. The van der Waals surface area contributed by atoms with Crippen molar-refractivity contribution in [1.29, 1.82) is 0 Å². The number of hydrogen-bond acceptors (Lipinski definition) is 2. The van der Waals surface area contributed by atoms with Gasteiger partial charge in [0.1, 0.15) is 5.75 Å². The summed E-state index contributed by atoms with van der Waals surface area (Å²) in [5.41, 5.74) is 0.764. The van der Waals surface area contributed by atoms with Crippen LogP contribution < -0.4 is 10.1 Å². The molecular weight excluding hydrogens is 231 g/mol. The van der Waals surface area contributed by atoms with Crippen LogP contribution in [0.25, 0.3) is 0 Å². The van der Waals surface area contributed by atoms with Crippen molar-refractivity contribution in [1.82, 2.24) is 5.32 Å². The molecular formula is C12H16F3NO. The van der Waals surface area contributed by atoms with Crippen LogP contribution in [0.15, 0.2) is 24.3 Å². The minimum absolute atomic E-state index is 0.0215. The van der Waals surface area contributed by atoms with Gasteiger partial charge in [-0.1, -0.05) is 26.0 Å². The molecule has 17 heavy (non-hydrogen) atoms. The van der Waals surface area contributed by atoms with Crippen molar-refractivity contribution in [2.75, 3.05) is 0 Å². The van der Waals surface area contributed by atoms with Crippen LogP contribution in [0.5, 0.6) is 5.75 Å². The van der Waals surface area contributed by atoms with Crippen molar-refractivity contribution >= 4 is 0 Å². The Balaban J connectivity index is 2.78. The fourth-order valence-corrected chi connectivity index (χ4v) is 1.58. The number of hydrogen-bond donors (Lipinski definition) is 1. The lowest BCUT2D eigenvalue weighted by Crippen LogP contribution is -2.26. The maximum absolute atomic E-state index is 12.0. The third-order valence-electron chi connectivity index (χ3n) is 2.18. The molecule has 0 radical (unpaired) electrons. The molecule has 1 rings (SSSR count). The van der Waals surface area contributed by atoms with Gasteiger partial charge in [0.15, 0.2) is 0 Å². The highest BCUT2D eigenvalue weighted by Gasteiger charge is 2.31. The first-order chi connectivity index (χ1) is 7.78. The van der Waals surface area contributed by atoms with Crippen LogP contribution >= 0.6 is 0 Å². The quantitative estimate of drug-likeness (QED) is 0.877. The molecule has 2 nitrogen and oxygen atoms in total. The minimum Gasteiger partial charge on any atom is -0.406 e. The highest BCUT2D eigenvalue weighted by Crippen LogP contribution is 2.25. The number of alkyl halides is 3. The molecule has 0 aliphatic heterocycles. The number of rotatable bonds is 4. The fraction of sp³-hybridized carbons (Fsp3) is 0.500. The largest absolute Gasteiger partial charge is 0.573 e. The summed E-state index contributed by atoms with van der Waals surface area (Å²) in [5, 5.41) is 3.21. The molecule has 0 spiro atoms. The van der Waals surface area contributed by atoms with E-state index in [-0.39, 0.29) is 17.8 Å². The second-order valence-corrected chi connectivity index (χ2v) is 4.16. The van der Waals surface area contributed by atoms with Gasteiger partial charge in [0.05, 0.1) is 0 Å². The Kier molecular flexibility index (Phi) is 4.40. The molecule has 1 aromatic carbocycles. The van der Waals surface area contributed by atoms with E-state index in [0.717, 1.165) is 5.56 Å². The van der Waals surface area contributed by atoms with Crippen molar-refractivity contribution in [3.8, 4) is 5.75 Å². The Morgan fingerprint density at radius 3 is 2.35 bits per heavy atom. The average molecular weight is 247 g/mol. The maximum Gasteiger partial charge on any atom is 0.573 e. The second-order valence-electron chi connectivity index (χ2n) is 4.16. The highest BCUT2D eigenvalue weighted by atomic mass is 19.4. The fourth-order valence-electron chi connectivity index (χ4n) is 1.58. The molecule has 0 saturated heterocycles. The molecule has 0 heterocycles. The summed E-state index contributed by atoms with van der Waals surface area (Å²) in [7, 11) is 0. The van der Waals surface area contributed by atoms with Gasteiger partial charge < -0.3 is 10.1 Å². The van der Waals surface area contributed by atoms with E-state index >= 15 is 0 Å². The van der Waals surface area contributed by atoms with Gasteiger partial charge in [0.25, 0.3) is 0 Å². The SMILES string of the molecule is CC(C)NC(C)c1cccc(OC(F)(F)F)c1. The Morgan fingerprint density at radius 2 is 1.82 bits per heavy atom. The van der Waals surface area contributed by atoms with E-state index in [4.69, 9.17) is 0 Å². The number of halogens is 3. The number of ether oxygens (including phenoxy) is 1. The zero-order valence-corrected chi connectivity index (χ0v) is 10.0. The third-order valence-corrected chi connectivity index (χ3v) is 2.18. The van der Waals surface area contributed by atoms with Gasteiger partial charge in [-0.2, -0.15) is 0 Å². The molecule has 0 aromatic heterocycles. The van der Waals surface area contributed by atoms with E-state index in [1.54, 1.807) is 12.1 Å². The first-order valence-corrected chi connectivity index (χ1v) is 5.39. The molecule has 1 atom stereocenters. The van der Waals surface area contributed by atoms with Gasteiger partial charge in [0, 0.05) is 12.1 Å². The first-order valence-electron chi connectivity index (χ1n) is 5.39. The predicted octanol–water partition coefficient (Wildman–Crippen LogP) is 3.64. The van der Waals surface area contributed by atoms with Crippen molar-refractivity contribution in [2.24, 2.45) is 0 Å². The summed E-state index contributed by atoms with van der Waals surface area (Å²) in [6.07, 6.45) is -4.65. The van der Waals surface area contributed by atoms with Crippen LogP contribution in [0.3, 0.4) is 0 Å². The van der Waals surface area contributed by atoms with Crippen LogP contribution in [0, 0.1) is 0 Å². The average Bonchev–Trinajstić information content (AvgIpc) is 2.14. The molecule has 0 fully saturated rings. The zero-order valence-electron chi connectivity index (χ0n) is 10.0. The van der Waals surface area contributed by atoms with Gasteiger partial charge in [-0.25, -0.2) is 0 Å². The molecule has 0 aliphatic carbocycles. The standard InChI is InChI=1S/C12H16F3NO/c1-8(2)16-9(3)10-5-4-6-11(7-10)17-12(13,14)15/h4-9,16H,1-3H3. The summed E-state index contributed by atoms with van der Waals surface area (Å²) in [6.45, 7) is 5.85. The summed E-state index contributed by atoms with van der Waals surface area (Å²) in [5.74, 6) is -0.188. The number of nitrogens with one attached hydrogen (secondary N) is 1. The lowest BCUT2D eigenvalue weighted by atomic mass is 10.1. The van der Waals surface area contributed by atoms with E-state index in [9.17, 15) is 13.2 Å². The molecule has 0 amide bonds. The van der Waals surface area contributed by atoms with Gasteiger partial charge in [-0.15, -0.1) is 13.2 Å². The van der Waals surface area contributed by atoms with Crippen LogP contribution in [0.4, 0.5) is 13.2 Å². The van der Waals surface area contributed by atoms with E-state index in [1.165, 1.54) is 12.1 Å². The Labute approximate surface area is 98.8 Å². The maximum atomic E-state index is 12.0. The minimum atomic E-state index is -4.65. The Morgan fingerprint density at radius 1 is 1.18 bits per heavy atom. The van der Waals surface area contributed by atoms with E-state index in [1.807, 2.05) is 20.8 Å². The molecule has 96 valence electrons. The van der Waals surface area contributed by atoms with E-state index in [2.05, 4.69) is 10.1 Å². The molecule has 0 saturated carbocycles. The zero-order chi connectivity index (χ0) is 13.1. The van der Waals surface area contributed by atoms with Crippen molar-refractivity contribution in [2.45, 2.75) is 39.2 Å². The third kappa shape index (κ3) is 5.08. The van der Waals surface area contributed by atoms with Crippen LogP contribution in [-0.4, -0.2) is 12.4 Å². The van der Waals surface area contributed by atoms with Gasteiger partial charge >= 0.3 is 6.36 Å². The smallest absolute Gasteiger partial charge is 0.406 e. The highest BCUT2D eigenvalue weighted by molar-refractivity contribution is 5.30. The molecule has 1 N–H and O–H groups in total. The molecule has 0 aliphatic rings.